The lowest BCUT2D eigenvalue weighted by atomic mass is 10.2. The molecule has 0 atom stereocenters. The van der Waals surface area contributed by atoms with Gasteiger partial charge in [0.2, 0.25) is 5.76 Å². The zero-order valence-electron chi connectivity index (χ0n) is 13.4. The minimum atomic E-state index is -0.679. The summed E-state index contributed by atoms with van der Waals surface area (Å²) in [5.74, 6) is -0.427. The van der Waals surface area contributed by atoms with Gasteiger partial charge < -0.3 is 14.5 Å². The Labute approximate surface area is 144 Å². The van der Waals surface area contributed by atoms with Crippen molar-refractivity contribution in [1.82, 2.24) is 15.1 Å². The van der Waals surface area contributed by atoms with Crippen molar-refractivity contribution < 1.29 is 18.7 Å². The first-order chi connectivity index (χ1) is 12.2. The molecule has 1 N–H and O–H groups in total. The van der Waals surface area contributed by atoms with Crippen molar-refractivity contribution in [2.24, 2.45) is 0 Å². The van der Waals surface area contributed by atoms with Gasteiger partial charge in [0.25, 0.3) is 5.91 Å². The van der Waals surface area contributed by atoms with Crippen LogP contribution in [0.4, 0.5) is 0 Å². The van der Waals surface area contributed by atoms with Gasteiger partial charge in [-0.1, -0.05) is 30.3 Å². The molecule has 7 nitrogen and oxygen atoms in total. The van der Waals surface area contributed by atoms with Gasteiger partial charge in [-0.25, -0.2) is 4.79 Å². The molecular weight excluding hydrogens is 322 g/mol. The number of amides is 1. The zero-order valence-corrected chi connectivity index (χ0v) is 13.4. The van der Waals surface area contributed by atoms with Crippen molar-refractivity contribution in [1.29, 1.82) is 0 Å². The number of benzene rings is 1. The van der Waals surface area contributed by atoms with Crippen LogP contribution < -0.4 is 5.32 Å². The topological polar surface area (TPSA) is 86.4 Å². The quantitative estimate of drug-likeness (QED) is 0.665. The summed E-state index contributed by atoms with van der Waals surface area (Å²) in [6.07, 6.45) is 3.45. The van der Waals surface area contributed by atoms with Crippen LogP contribution >= 0.6 is 0 Å². The van der Waals surface area contributed by atoms with Crippen molar-refractivity contribution >= 4 is 11.9 Å². The van der Waals surface area contributed by atoms with Gasteiger partial charge >= 0.3 is 5.97 Å². The Morgan fingerprint density at radius 3 is 2.72 bits per heavy atom. The molecule has 0 saturated carbocycles. The van der Waals surface area contributed by atoms with Crippen LogP contribution in [0.25, 0.3) is 0 Å². The largest absolute Gasteiger partial charge is 0.452 e. The van der Waals surface area contributed by atoms with E-state index in [9.17, 15) is 9.59 Å². The fourth-order valence-electron chi connectivity index (χ4n) is 2.18. The summed E-state index contributed by atoms with van der Waals surface area (Å²) in [5, 5.41) is 6.74. The van der Waals surface area contributed by atoms with Crippen molar-refractivity contribution in [3.63, 3.8) is 0 Å². The van der Waals surface area contributed by atoms with E-state index in [-0.39, 0.29) is 18.3 Å². The predicted octanol–water partition coefficient (Wildman–Crippen LogP) is 2.00. The molecule has 1 aromatic carbocycles. The number of ether oxygens (including phenoxy) is 1. The molecular formula is C18H17N3O4. The first-order valence-electron chi connectivity index (χ1n) is 7.74. The molecule has 0 radical (unpaired) electrons. The summed E-state index contributed by atoms with van der Waals surface area (Å²) in [6.45, 7) is 0.435. The van der Waals surface area contributed by atoms with E-state index in [4.69, 9.17) is 9.15 Å². The summed E-state index contributed by atoms with van der Waals surface area (Å²) in [7, 11) is 0. The van der Waals surface area contributed by atoms with E-state index in [2.05, 4.69) is 10.4 Å². The minimum Gasteiger partial charge on any atom is -0.452 e. The molecule has 25 heavy (non-hydrogen) atoms. The Hall–Kier alpha value is -3.35. The fourth-order valence-corrected chi connectivity index (χ4v) is 2.18. The first kappa shape index (κ1) is 16.5. The second kappa shape index (κ2) is 7.96. The number of aromatic nitrogens is 2. The highest BCUT2D eigenvalue weighted by Crippen LogP contribution is 2.10. The Balaban J connectivity index is 1.44. The highest BCUT2D eigenvalue weighted by Gasteiger charge is 2.14. The van der Waals surface area contributed by atoms with E-state index in [1.54, 1.807) is 29.2 Å². The van der Waals surface area contributed by atoms with Gasteiger partial charge in [0.1, 0.15) is 5.76 Å². The third kappa shape index (κ3) is 4.81. The van der Waals surface area contributed by atoms with Crippen molar-refractivity contribution in [2.45, 2.75) is 13.1 Å². The van der Waals surface area contributed by atoms with Crippen LogP contribution in [0.15, 0.2) is 65.3 Å². The summed E-state index contributed by atoms with van der Waals surface area (Å²) < 4.78 is 12.0. The maximum Gasteiger partial charge on any atom is 0.374 e. The third-order valence-corrected chi connectivity index (χ3v) is 3.41. The molecule has 0 spiro atoms. The average Bonchev–Trinajstić information content (AvgIpc) is 3.31. The van der Waals surface area contributed by atoms with E-state index in [0.29, 0.717) is 18.8 Å². The SMILES string of the molecule is O=C(COC(=O)c1ccc(Cn2cccn2)o1)NCc1ccccc1. The lowest BCUT2D eigenvalue weighted by Crippen LogP contribution is -2.28. The van der Waals surface area contributed by atoms with E-state index in [0.717, 1.165) is 5.56 Å². The zero-order chi connectivity index (χ0) is 17.5. The first-order valence-corrected chi connectivity index (χ1v) is 7.74. The minimum absolute atomic E-state index is 0.0537. The van der Waals surface area contributed by atoms with E-state index in [1.807, 2.05) is 30.3 Å². The Kier molecular flexibility index (Phi) is 5.26. The van der Waals surface area contributed by atoms with Crippen LogP contribution in [0.5, 0.6) is 0 Å². The van der Waals surface area contributed by atoms with E-state index >= 15 is 0 Å². The molecule has 0 saturated heterocycles. The normalized spacial score (nSPS) is 10.4. The molecule has 1 amide bonds. The molecule has 128 valence electrons. The van der Waals surface area contributed by atoms with Crippen LogP contribution in [-0.4, -0.2) is 28.3 Å². The monoisotopic (exact) mass is 339 g/mol. The molecule has 2 heterocycles. The molecule has 3 rings (SSSR count). The fraction of sp³-hybridized carbons (Fsp3) is 0.167. The standard InChI is InChI=1S/C18H17N3O4/c22-17(19-11-14-5-2-1-3-6-14)13-24-18(23)16-8-7-15(25-16)12-21-10-4-9-20-21/h1-10H,11-13H2,(H,19,22). The summed E-state index contributed by atoms with van der Waals surface area (Å²) in [6, 6.07) is 14.5. The number of nitrogens with one attached hydrogen (secondary N) is 1. The van der Waals surface area contributed by atoms with Crippen molar-refractivity contribution in [2.75, 3.05) is 6.61 Å². The number of esters is 1. The summed E-state index contributed by atoms with van der Waals surface area (Å²) >= 11 is 0. The number of carbonyl (C=O) groups excluding carboxylic acids is 2. The summed E-state index contributed by atoms with van der Waals surface area (Å²) in [5.41, 5.74) is 0.969. The van der Waals surface area contributed by atoms with Crippen molar-refractivity contribution in [3.05, 3.63) is 78.0 Å². The van der Waals surface area contributed by atoms with Crippen LogP contribution in [0.1, 0.15) is 21.9 Å². The number of hydrogen-bond donors (Lipinski definition) is 1. The second-order valence-electron chi connectivity index (χ2n) is 5.31. The van der Waals surface area contributed by atoms with Crippen molar-refractivity contribution in [3.8, 4) is 0 Å². The van der Waals surface area contributed by atoms with E-state index in [1.165, 1.54) is 6.07 Å². The van der Waals surface area contributed by atoms with Gasteiger partial charge in [0.05, 0.1) is 6.54 Å². The Morgan fingerprint density at radius 1 is 1.12 bits per heavy atom. The highest BCUT2D eigenvalue weighted by molar-refractivity contribution is 5.88. The smallest absolute Gasteiger partial charge is 0.374 e. The number of nitrogens with zero attached hydrogens (tertiary/aromatic N) is 2. The Morgan fingerprint density at radius 2 is 1.96 bits per heavy atom. The van der Waals surface area contributed by atoms with Gasteiger partial charge in [0.15, 0.2) is 6.61 Å². The molecule has 0 fully saturated rings. The molecule has 7 heteroatoms. The van der Waals surface area contributed by atoms with Gasteiger partial charge in [-0.3, -0.25) is 9.48 Å². The lowest BCUT2D eigenvalue weighted by molar-refractivity contribution is -0.124. The molecule has 0 aliphatic rings. The van der Waals surface area contributed by atoms with Gasteiger partial charge in [-0.05, 0) is 23.8 Å². The average molecular weight is 339 g/mol. The number of furan rings is 1. The highest BCUT2D eigenvalue weighted by atomic mass is 16.5. The van der Waals surface area contributed by atoms with Crippen LogP contribution in [0.2, 0.25) is 0 Å². The molecule has 0 unspecified atom stereocenters. The van der Waals surface area contributed by atoms with Crippen LogP contribution in [0.3, 0.4) is 0 Å². The number of hydrogen-bond acceptors (Lipinski definition) is 5. The van der Waals surface area contributed by atoms with Gasteiger partial charge in [-0.15, -0.1) is 0 Å². The maximum atomic E-state index is 11.9. The van der Waals surface area contributed by atoms with Gasteiger partial charge in [0, 0.05) is 18.9 Å². The summed E-state index contributed by atoms with van der Waals surface area (Å²) in [4.78, 5) is 23.7. The number of carbonyl (C=O) groups is 2. The molecule has 0 aliphatic heterocycles. The Bertz CT molecular complexity index is 825. The van der Waals surface area contributed by atoms with Crippen LogP contribution in [-0.2, 0) is 22.6 Å². The predicted molar refractivity (Wildman–Crippen MR) is 88.6 cm³/mol. The molecule has 3 aromatic rings. The van der Waals surface area contributed by atoms with Crippen LogP contribution in [0, 0.1) is 0 Å². The molecule has 0 bridgehead atoms. The van der Waals surface area contributed by atoms with Gasteiger partial charge in [-0.2, -0.15) is 5.10 Å². The van der Waals surface area contributed by atoms with E-state index < -0.39 is 5.97 Å². The third-order valence-electron chi connectivity index (χ3n) is 3.41. The number of rotatable bonds is 7. The lowest BCUT2D eigenvalue weighted by Gasteiger charge is -2.05. The second-order valence-corrected chi connectivity index (χ2v) is 5.31. The molecule has 0 aliphatic carbocycles. The maximum absolute atomic E-state index is 11.9. The molecule has 2 aromatic heterocycles.